The second kappa shape index (κ2) is 8.74. The topological polar surface area (TPSA) is 65.1 Å². The minimum absolute atomic E-state index is 0.303. The van der Waals surface area contributed by atoms with Gasteiger partial charge in [0.1, 0.15) is 11.8 Å². The zero-order chi connectivity index (χ0) is 20.2. The van der Waals surface area contributed by atoms with Crippen molar-refractivity contribution in [1.29, 1.82) is 0 Å². The molecule has 0 saturated carbocycles. The fraction of sp³-hybridized carbons (Fsp3) is 0.619. The van der Waals surface area contributed by atoms with Gasteiger partial charge in [0.15, 0.2) is 0 Å². The number of ether oxygens (including phenoxy) is 3. The predicted molar refractivity (Wildman–Crippen MR) is 103 cm³/mol. The van der Waals surface area contributed by atoms with E-state index >= 15 is 0 Å². The number of esters is 1. The lowest BCUT2D eigenvalue weighted by molar-refractivity contribution is -0.228. The number of unbranched alkanes of at least 4 members (excludes halogenated alkanes) is 1. The summed E-state index contributed by atoms with van der Waals surface area (Å²) in [6.45, 7) is 9.80. The molecular formula is C21H31NO5. The van der Waals surface area contributed by atoms with Crippen LogP contribution in [0.4, 0.5) is 0 Å². The molecule has 1 aromatic carbocycles. The summed E-state index contributed by atoms with van der Waals surface area (Å²) in [5.74, 6) is -0.231. The second-order valence-corrected chi connectivity index (χ2v) is 7.38. The van der Waals surface area contributed by atoms with Crippen LogP contribution in [0.5, 0.6) is 5.75 Å². The SMILES string of the molecule is CCCCN1C(=O)[C@](OC(C)C)(C(=O)OC(C)C)[C@@H]1c1ccc(OC)cc1. The van der Waals surface area contributed by atoms with Gasteiger partial charge in [0.25, 0.3) is 11.5 Å². The Bertz CT molecular complexity index is 655. The molecule has 1 aliphatic heterocycles. The van der Waals surface area contributed by atoms with E-state index in [0.29, 0.717) is 12.3 Å². The number of likely N-dealkylation sites (tertiary alicyclic amines) is 1. The molecule has 0 aromatic heterocycles. The minimum atomic E-state index is -1.64. The molecule has 0 radical (unpaired) electrons. The first-order valence-corrected chi connectivity index (χ1v) is 9.61. The first-order valence-electron chi connectivity index (χ1n) is 9.61. The van der Waals surface area contributed by atoms with Crippen molar-refractivity contribution in [3.8, 4) is 5.75 Å². The molecule has 0 N–H and O–H groups in total. The molecule has 27 heavy (non-hydrogen) atoms. The number of nitrogens with zero attached hydrogens (tertiary/aromatic N) is 1. The van der Waals surface area contributed by atoms with Crippen molar-refractivity contribution in [2.45, 2.75) is 71.3 Å². The predicted octanol–water partition coefficient (Wildman–Crippen LogP) is 3.49. The van der Waals surface area contributed by atoms with Gasteiger partial charge in [-0.25, -0.2) is 4.79 Å². The van der Waals surface area contributed by atoms with Crippen molar-refractivity contribution in [1.82, 2.24) is 4.90 Å². The fourth-order valence-electron chi connectivity index (χ4n) is 3.40. The van der Waals surface area contributed by atoms with Crippen LogP contribution in [0.3, 0.4) is 0 Å². The molecule has 150 valence electrons. The average molecular weight is 377 g/mol. The van der Waals surface area contributed by atoms with Gasteiger partial charge in [-0.1, -0.05) is 25.5 Å². The van der Waals surface area contributed by atoms with E-state index in [4.69, 9.17) is 14.2 Å². The highest BCUT2D eigenvalue weighted by atomic mass is 16.6. The molecule has 1 aliphatic rings. The highest BCUT2D eigenvalue weighted by Crippen LogP contribution is 2.48. The third kappa shape index (κ3) is 4.10. The maximum Gasteiger partial charge on any atom is 0.351 e. The Labute approximate surface area is 161 Å². The summed E-state index contributed by atoms with van der Waals surface area (Å²) in [7, 11) is 1.60. The zero-order valence-corrected chi connectivity index (χ0v) is 17.2. The van der Waals surface area contributed by atoms with Gasteiger partial charge in [0.2, 0.25) is 0 Å². The summed E-state index contributed by atoms with van der Waals surface area (Å²) in [6, 6.07) is 6.87. The van der Waals surface area contributed by atoms with Crippen LogP contribution in [0.2, 0.25) is 0 Å². The van der Waals surface area contributed by atoms with Crippen LogP contribution in [0.1, 0.15) is 59.1 Å². The van der Waals surface area contributed by atoms with E-state index in [2.05, 4.69) is 6.92 Å². The third-order valence-electron chi connectivity index (χ3n) is 4.53. The molecule has 1 heterocycles. The smallest absolute Gasteiger partial charge is 0.351 e. The van der Waals surface area contributed by atoms with E-state index in [1.807, 2.05) is 38.1 Å². The number of β-lactam (4-membered cyclic amide) rings is 1. The number of carbonyl (C=O) groups excluding carboxylic acids is 2. The summed E-state index contributed by atoms with van der Waals surface area (Å²) in [5.41, 5.74) is -0.811. The minimum Gasteiger partial charge on any atom is -0.497 e. The lowest BCUT2D eigenvalue weighted by Crippen LogP contribution is -2.74. The number of methoxy groups -OCH3 is 1. The highest BCUT2D eigenvalue weighted by Gasteiger charge is 2.69. The van der Waals surface area contributed by atoms with E-state index in [1.54, 1.807) is 25.9 Å². The summed E-state index contributed by atoms with van der Waals surface area (Å²) in [6.07, 6.45) is 1.17. The number of rotatable bonds is 9. The van der Waals surface area contributed by atoms with Crippen LogP contribution in [0, 0.1) is 0 Å². The van der Waals surface area contributed by atoms with Crippen molar-refractivity contribution >= 4 is 11.9 Å². The molecule has 0 unspecified atom stereocenters. The Kier molecular flexibility index (Phi) is 6.87. The van der Waals surface area contributed by atoms with Gasteiger partial charge < -0.3 is 19.1 Å². The number of benzene rings is 1. The molecule has 2 atom stereocenters. The third-order valence-corrected chi connectivity index (χ3v) is 4.53. The lowest BCUT2D eigenvalue weighted by Gasteiger charge is -2.54. The van der Waals surface area contributed by atoms with Gasteiger partial charge in [-0.15, -0.1) is 0 Å². The van der Waals surface area contributed by atoms with Gasteiger partial charge in [-0.3, -0.25) is 4.79 Å². The van der Waals surface area contributed by atoms with Gasteiger partial charge >= 0.3 is 5.97 Å². The van der Waals surface area contributed by atoms with Crippen molar-refractivity contribution in [3.05, 3.63) is 29.8 Å². The monoisotopic (exact) mass is 377 g/mol. The maximum atomic E-state index is 13.1. The van der Waals surface area contributed by atoms with E-state index in [-0.39, 0.29) is 18.1 Å². The van der Waals surface area contributed by atoms with Crippen molar-refractivity contribution in [3.63, 3.8) is 0 Å². The molecule has 0 aliphatic carbocycles. The van der Waals surface area contributed by atoms with Gasteiger partial charge in [0, 0.05) is 6.54 Å². The standard InChI is InChI=1S/C21H31NO5/c1-7-8-13-22-18(16-9-11-17(25-6)12-10-16)21(19(22)23,27-15(4)5)20(24)26-14(2)3/h9-12,14-15,18H,7-8,13H2,1-6H3/t18-,21-/m0/s1. The summed E-state index contributed by atoms with van der Waals surface area (Å²) in [4.78, 5) is 27.9. The average Bonchev–Trinajstić information content (AvgIpc) is 2.62. The molecule has 2 rings (SSSR count). The molecule has 0 bridgehead atoms. The Morgan fingerprint density at radius 1 is 1.15 bits per heavy atom. The first kappa shape index (κ1) is 21.2. The first-order chi connectivity index (χ1) is 12.8. The van der Waals surface area contributed by atoms with Crippen LogP contribution in [-0.2, 0) is 19.1 Å². The van der Waals surface area contributed by atoms with E-state index in [1.165, 1.54) is 0 Å². The molecule has 6 nitrogen and oxygen atoms in total. The van der Waals surface area contributed by atoms with Crippen LogP contribution in [-0.4, -0.2) is 48.2 Å². The molecule has 1 saturated heterocycles. The van der Waals surface area contributed by atoms with Crippen molar-refractivity contribution in [2.75, 3.05) is 13.7 Å². The van der Waals surface area contributed by atoms with E-state index in [0.717, 1.165) is 18.4 Å². The zero-order valence-electron chi connectivity index (χ0n) is 17.2. The molecule has 1 amide bonds. The molecular weight excluding hydrogens is 346 g/mol. The quantitative estimate of drug-likeness (QED) is 0.374. The number of amides is 1. The van der Waals surface area contributed by atoms with E-state index < -0.39 is 17.6 Å². The number of hydrogen-bond acceptors (Lipinski definition) is 5. The summed E-state index contributed by atoms with van der Waals surface area (Å²) >= 11 is 0. The Morgan fingerprint density at radius 3 is 2.26 bits per heavy atom. The molecule has 0 spiro atoms. The summed E-state index contributed by atoms with van der Waals surface area (Å²) in [5, 5.41) is 0. The molecule has 1 fully saturated rings. The van der Waals surface area contributed by atoms with Gasteiger partial charge in [0.05, 0.1) is 19.3 Å². The number of hydrogen-bond donors (Lipinski definition) is 0. The van der Waals surface area contributed by atoms with E-state index in [9.17, 15) is 9.59 Å². The Balaban J connectivity index is 2.48. The molecule has 6 heteroatoms. The number of carbonyl (C=O) groups is 2. The van der Waals surface area contributed by atoms with Gasteiger partial charge in [-0.05, 0) is 51.8 Å². The fourth-order valence-corrected chi connectivity index (χ4v) is 3.40. The van der Waals surface area contributed by atoms with Crippen LogP contribution in [0.25, 0.3) is 0 Å². The lowest BCUT2D eigenvalue weighted by atomic mass is 9.77. The highest BCUT2D eigenvalue weighted by molar-refractivity contribution is 6.12. The second-order valence-electron chi connectivity index (χ2n) is 7.38. The Morgan fingerprint density at radius 2 is 1.78 bits per heavy atom. The van der Waals surface area contributed by atoms with Crippen LogP contribution < -0.4 is 4.74 Å². The maximum absolute atomic E-state index is 13.1. The van der Waals surface area contributed by atoms with Crippen LogP contribution in [0.15, 0.2) is 24.3 Å². The Hall–Kier alpha value is -2.08. The van der Waals surface area contributed by atoms with Gasteiger partial charge in [-0.2, -0.15) is 0 Å². The van der Waals surface area contributed by atoms with Crippen molar-refractivity contribution in [2.24, 2.45) is 0 Å². The van der Waals surface area contributed by atoms with Crippen LogP contribution >= 0.6 is 0 Å². The van der Waals surface area contributed by atoms with Crippen molar-refractivity contribution < 1.29 is 23.8 Å². The molecule has 1 aromatic rings. The summed E-state index contributed by atoms with van der Waals surface area (Å²) < 4.78 is 16.7. The largest absolute Gasteiger partial charge is 0.497 e. The normalized spacial score (nSPS) is 22.1.